The van der Waals surface area contributed by atoms with E-state index >= 15 is 0 Å². The number of aldehydes is 1. The first-order chi connectivity index (χ1) is 5.47. The molecule has 1 saturated heterocycles. The molecule has 1 aliphatic heterocycles. The van der Waals surface area contributed by atoms with Gasteiger partial charge in [0.2, 0.25) is 0 Å². The van der Waals surface area contributed by atoms with Crippen molar-refractivity contribution in [1.82, 2.24) is 0 Å². The van der Waals surface area contributed by atoms with E-state index in [1.54, 1.807) is 0 Å². The highest BCUT2D eigenvalue weighted by atomic mass is 16.6. The highest BCUT2D eigenvalue weighted by molar-refractivity contribution is 5.72. The van der Waals surface area contributed by atoms with Crippen LogP contribution in [0.25, 0.3) is 0 Å². The summed E-state index contributed by atoms with van der Waals surface area (Å²) in [5.41, 5.74) is -0.573. The van der Waals surface area contributed by atoms with Crippen molar-refractivity contribution in [2.24, 2.45) is 5.41 Å². The molecule has 2 aliphatic rings. The third-order valence-electron chi connectivity index (χ3n) is 3.76. The maximum Gasteiger partial charge on any atom is 0.157 e. The zero-order chi connectivity index (χ0) is 9.04. The lowest BCUT2D eigenvalue weighted by Crippen LogP contribution is -2.43. The summed E-state index contributed by atoms with van der Waals surface area (Å²) in [4.78, 5) is 11.0. The molecule has 0 bridgehead atoms. The topological polar surface area (TPSA) is 29.6 Å². The minimum Gasteiger partial charge on any atom is -0.354 e. The summed E-state index contributed by atoms with van der Waals surface area (Å²) < 4.78 is 5.65. The Labute approximate surface area is 73.3 Å². The van der Waals surface area contributed by atoms with Gasteiger partial charge in [0, 0.05) is 5.41 Å². The predicted molar refractivity (Wildman–Crippen MR) is 45.9 cm³/mol. The maximum absolute atomic E-state index is 11.0. The third-order valence-corrected chi connectivity index (χ3v) is 3.76. The van der Waals surface area contributed by atoms with Crippen molar-refractivity contribution in [2.75, 3.05) is 0 Å². The van der Waals surface area contributed by atoms with E-state index in [0.29, 0.717) is 0 Å². The van der Waals surface area contributed by atoms with Gasteiger partial charge in [-0.3, -0.25) is 4.79 Å². The number of carbonyl (C=O) groups is 1. The number of hydrogen-bond donors (Lipinski definition) is 0. The summed E-state index contributed by atoms with van der Waals surface area (Å²) in [6.45, 7) is 6.32. The molecule has 1 aliphatic carbocycles. The molecule has 2 atom stereocenters. The molecular weight excluding hydrogens is 152 g/mol. The average Bonchev–Trinajstić information content (AvgIpc) is 2.58. The summed E-state index contributed by atoms with van der Waals surface area (Å²) in [6.07, 6.45) is 4.34. The van der Waals surface area contributed by atoms with Crippen molar-refractivity contribution in [3.8, 4) is 0 Å². The Hall–Kier alpha value is -0.370. The van der Waals surface area contributed by atoms with Gasteiger partial charge in [-0.2, -0.15) is 0 Å². The quantitative estimate of drug-likeness (QED) is 0.442. The Morgan fingerprint density at radius 3 is 2.33 bits per heavy atom. The van der Waals surface area contributed by atoms with E-state index in [2.05, 4.69) is 20.8 Å². The lowest BCUT2D eigenvalue weighted by Gasteiger charge is -2.34. The van der Waals surface area contributed by atoms with Crippen LogP contribution in [0.4, 0.5) is 0 Å². The zero-order valence-electron chi connectivity index (χ0n) is 8.02. The van der Waals surface area contributed by atoms with Gasteiger partial charge in [-0.15, -0.1) is 0 Å². The van der Waals surface area contributed by atoms with Gasteiger partial charge in [-0.05, 0) is 26.2 Å². The Morgan fingerprint density at radius 1 is 1.25 bits per heavy atom. The SMILES string of the molecule is CC1(C)CCCC2(C)OC12C=O. The van der Waals surface area contributed by atoms with Gasteiger partial charge in [0.05, 0.1) is 0 Å². The molecule has 0 aromatic carbocycles. The average molecular weight is 168 g/mol. The lowest BCUT2D eigenvalue weighted by atomic mass is 9.65. The zero-order valence-corrected chi connectivity index (χ0v) is 8.02. The fourth-order valence-corrected chi connectivity index (χ4v) is 2.78. The van der Waals surface area contributed by atoms with Crippen molar-refractivity contribution < 1.29 is 9.53 Å². The molecule has 2 fully saturated rings. The van der Waals surface area contributed by atoms with Gasteiger partial charge in [0.15, 0.2) is 11.9 Å². The van der Waals surface area contributed by atoms with Crippen LogP contribution in [0, 0.1) is 5.41 Å². The highest BCUT2D eigenvalue weighted by Gasteiger charge is 2.74. The van der Waals surface area contributed by atoms with Crippen molar-refractivity contribution >= 4 is 6.29 Å². The molecule has 68 valence electrons. The normalized spacial score (nSPS) is 49.6. The molecular formula is C10H16O2. The van der Waals surface area contributed by atoms with E-state index in [1.165, 1.54) is 6.42 Å². The van der Waals surface area contributed by atoms with Crippen LogP contribution in [0.15, 0.2) is 0 Å². The van der Waals surface area contributed by atoms with E-state index in [9.17, 15) is 4.79 Å². The lowest BCUT2D eigenvalue weighted by molar-refractivity contribution is -0.116. The van der Waals surface area contributed by atoms with Crippen molar-refractivity contribution in [1.29, 1.82) is 0 Å². The molecule has 2 rings (SSSR count). The van der Waals surface area contributed by atoms with Crippen LogP contribution < -0.4 is 0 Å². The first kappa shape index (κ1) is 8.24. The van der Waals surface area contributed by atoms with Crippen molar-refractivity contribution in [2.45, 2.75) is 51.2 Å². The van der Waals surface area contributed by atoms with Gasteiger partial charge >= 0.3 is 0 Å². The number of ether oxygens (including phenoxy) is 1. The molecule has 0 N–H and O–H groups in total. The molecule has 0 aromatic rings. The van der Waals surface area contributed by atoms with Gasteiger partial charge in [-0.25, -0.2) is 0 Å². The van der Waals surface area contributed by atoms with Crippen LogP contribution in [-0.2, 0) is 9.53 Å². The largest absolute Gasteiger partial charge is 0.354 e. The summed E-state index contributed by atoms with van der Waals surface area (Å²) >= 11 is 0. The maximum atomic E-state index is 11.0. The van der Waals surface area contributed by atoms with Crippen molar-refractivity contribution in [3.63, 3.8) is 0 Å². The molecule has 0 amide bonds. The van der Waals surface area contributed by atoms with Crippen LogP contribution in [0.3, 0.4) is 0 Å². The van der Waals surface area contributed by atoms with Crippen LogP contribution in [0.5, 0.6) is 0 Å². The monoisotopic (exact) mass is 168 g/mol. The number of carbonyl (C=O) groups excluding carboxylic acids is 1. The fourth-order valence-electron chi connectivity index (χ4n) is 2.78. The number of epoxide rings is 1. The van der Waals surface area contributed by atoms with Gasteiger partial charge in [0.25, 0.3) is 0 Å². The molecule has 12 heavy (non-hydrogen) atoms. The smallest absolute Gasteiger partial charge is 0.157 e. The Kier molecular flexibility index (Phi) is 1.32. The highest BCUT2D eigenvalue weighted by Crippen LogP contribution is 2.63. The summed E-state index contributed by atoms with van der Waals surface area (Å²) in [5, 5.41) is 0. The van der Waals surface area contributed by atoms with Crippen LogP contribution in [-0.4, -0.2) is 17.5 Å². The van der Waals surface area contributed by atoms with Gasteiger partial charge < -0.3 is 4.74 Å². The molecule has 0 radical (unpaired) electrons. The van der Waals surface area contributed by atoms with Gasteiger partial charge in [0.1, 0.15) is 5.60 Å². The Balaban J connectivity index is 2.36. The molecule has 2 heteroatoms. The number of rotatable bonds is 1. The fraction of sp³-hybridized carbons (Fsp3) is 0.900. The van der Waals surface area contributed by atoms with Crippen LogP contribution >= 0.6 is 0 Å². The van der Waals surface area contributed by atoms with Gasteiger partial charge in [-0.1, -0.05) is 13.8 Å². The molecule has 2 unspecified atom stereocenters. The van der Waals surface area contributed by atoms with E-state index in [1.807, 2.05) is 0 Å². The second-order valence-electron chi connectivity index (χ2n) is 4.92. The molecule has 1 heterocycles. The third kappa shape index (κ3) is 0.674. The van der Waals surface area contributed by atoms with Crippen LogP contribution in [0.1, 0.15) is 40.0 Å². The summed E-state index contributed by atoms with van der Waals surface area (Å²) in [5.74, 6) is 0. The number of hydrogen-bond acceptors (Lipinski definition) is 2. The predicted octanol–water partition coefficient (Wildman–Crippen LogP) is 1.92. The Morgan fingerprint density at radius 2 is 1.92 bits per heavy atom. The van der Waals surface area contributed by atoms with E-state index in [4.69, 9.17) is 4.74 Å². The Bertz CT molecular complexity index is 234. The van der Waals surface area contributed by atoms with Crippen LogP contribution in [0.2, 0.25) is 0 Å². The van der Waals surface area contributed by atoms with E-state index in [0.717, 1.165) is 19.1 Å². The van der Waals surface area contributed by atoms with Crippen molar-refractivity contribution in [3.05, 3.63) is 0 Å². The number of fused-ring (bicyclic) bond motifs is 1. The molecule has 0 aromatic heterocycles. The minimum absolute atomic E-state index is 0.0295. The molecule has 2 nitrogen and oxygen atoms in total. The molecule has 0 spiro atoms. The molecule has 1 saturated carbocycles. The first-order valence-corrected chi connectivity index (χ1v) is 4.64. The second-order valence-corrected chi connectivity index (χ2v) is 4.92. The van der Waals surface area contributed by atoms with E-state index < -0.39 is 5.60 Å². The first-order valence-electron chi connectivity index (χ1n) is 4.64. The van der Waals surface area contributed by atoms with E-state index in [-0.39, 0.29) is 11.0 Å². The minimum atomic E-state index is -0.460. The standard InChI is InChI=1S/C10H16O2/c1-8(2)5-4-6-9(3)10(8,7-11)12-9/h7H,4-6H2,1-3H3. The second kappa shape index (κ2) is 1.92. The summed E-state index contributed by atoms with van der Waals surface area (Å²) in [7, 11) is 0. The summed E-state index contributed by atoms with van der Waals surface area (Å²) in [6, 6.07) is 0.